The number of hydrogen-bond acceptors (Lipinski definition) is 4. The van der Waals surface area contributed by atoms with Gasteiger partial charge in [-0.2, -0.15) is 0 Å². The zero-order chi connectivity index (χ0) is 17.8. The Bertz CT molecular complexity index is 555. The molecule has 0 radical (unpaired) electrons. The van der Waals surface area contributed by atoms with Crippen LogP contribution in [0, 0.1) is 12.8 Å². The largest absolute Gasteiger partial charge is 0.481 e. The van der Waals surface area contributed by atoms with Crippen molar-refractivity contribution in [3.8, 4) is 0 Å². The van der Waals surface area contributed by atoms with Crippen molar-refractivity contribution < 1.29 is 19.4 Å². The van der Waals surface area contributed by atoms with E-state index in [2.05, 4.69) is 0 Å². The minimum atomic E-state index is -1.21. The highest BCUT2D eigenvalue weighted by molar-refractivity contribution is 7.99. The third kappa shape index (κ3) is 6.26. The van der Waals surface area contributed by atoms with Crippen molar-refractivity contribution in [2.75, 3.05) is 0 Å². The molecule has 1 aromatic rings. The van der Waals surface area contributed by atoms with Gasteiger partial charge in [0.05, 0.1) is 0 Å². The fourth-order valence-corrected chi connectivity index (χ4v) is 3.17. The highest BCUT2D eigenvalue weighted by Gasteiger charge is 2.43. The molecule has 0 aliphatic heterocycles. The number of rotatable bonds is 6. The molecular weight excluding hydrogens is 312 g/mol. The zero-order valence-corrected chi connectivity index (χ0v) is 15.5. The van der Waals surface area contributed by atoms with Crippen molar-refractivity contribution in [2.45, 2.75) is 57.6 Å². The summed E-state index contributed by atoms with van der Waals surface area (Å²) < 4.78 is 4.50. The van der Waals surface area contributed by atoms with Gasteiger partial charge in [-0.1, -0.05) is 29.8 Å². The van der Waals surface area contributed by atoms with Gasteiger partial charge in [-0.3, -0.25) is 9.59 Å². The number of carboxylic acids is 1. The van der Waals surface area contributed by atoms with Crippen LogP contribution in [0.2, 0.25) is 0 Å². The molecule has 0 aromatic heterocycles. The van der Waals surface area contributed by atoms with Gasteiger partial charge in [0.15, 0.2) is 5.92 Å². The standard InChI is InChI=1S/C18H26O4S/c1-12-7-9-13(10-8-12)11-23-18(5,6)14(15(19)20)16(21)22-17(2,3)4/h7-10,14H,11H2,1-6H3,(H,19,20). The van der Waals surface area contributed by atoms with Crippen LogP contribution in [0.25, 0.3) is 0 Å². The maximum Gasteiger partial charge on any atom is 0.322 e. The van der Waals surface area contributed by atoms with Gasteiger partial charge in [0.2, 0.25) is 0 Å². The third-order valence-electron chi connectivity index (χ3n) is 3.32. The quantitative estimate of drug-likeness (QED) is 0.626. The lowest BCUT2D eigenvalue weighted by atomic mass is 9.94. The van der Waals surface area contributed by atoms with Crippen molar-refractivity contribution in [2.24, 2.45) is 5.92 Å². The first-order valence-corrected chi connectivity index (χ1v) is 8.56. The molecule has 0 saturated carbocycles. The Hall–Kier alpha value is -1.49. The molecule has 0 aliphatic rings. The molecule has 1 rings (SSSR count). The molecule has 1 unspecified atom stereocenters. The summed E-state index contributed by atoms with van der Waals surface area (Å²) in [4.78, 5) is 23.9. The van der Waals surface area contributed by atoms with E-state index in [-0.39, 0.29) is 0 Å². The molecule has 1 N–H and O–H groups in total. The number of carbonyl (C=O) groups excluding carboxylic acids is 1. The van der Waals surface area contributed by atoms with Gasteiger partial charge in [0.1, 0.15) is 5.60 Å². The number of aryl methyl sites for hydroxylation is 1. The molecule has 0 aliphatic carbocycles. The van der Waals surface area contributed by atoms with Gasteiger partial charge >= 0.3 is 11.9 Å². The predicted octanol–water partition coefficient (Wildman–Crippen LogP) is 4.05. The fraction of sp³-hybridized carbons (Fsp3) is 0.556. The Labute approximate surface area is 142 Å². The number of ether oxygens (including phenoxy) is 1. The second-order valence-corrected chi connectivity index (χ2v) is 8.81. The second kappa shape index (κ2) is 7.39. The summed E-state index contributed by atoms with van der Waals surface area (Å²) in [6.45, 7) is 10.8. The number of aliphatic carboxylic acids is 1. The first kappa shape index (κ1) is 19.6. The Morgan fingerprint density at radius 3 is 2.09 bits per heavy atom. The normalized spacial score (nSPS) is 13.5. The Morgan fingerprint density at radius 1 is 1.13 bits per heavy atom. The maximum absolute atomic E-state index is 12.3. The summed E-state index contributed by atoms with van der Waals surface area (Å²) in [5, 5.41) is 9.50. The molecule has 0 fully saturated rings. The molecule has 23 heavy (non-hydrogen) atoms. The number of hydrogen-bond donors (Lipinski definition) is 1. The number of esters is 1. The first-order valence-electron chi connectivity index (χ1n) is 7.57. The zero-order valence-electron chi connectivity index (χ0n) is 14.7. The van der Waals surface area contributed by atoms with E-state index in [1.165, 1.54) is 17.3 Å². The van der Waals surface area contributed by atoms with Crippen molar-refractivity contribution >= 4 is 23.7 Å². The lowest BCUT2D eigenvalue weighted by Crippen LogP contribution is -2.43. The molecule has 0 amide bonds. The topological polar surface area (TPSA) is 63.6 Å². The summed E-state index contributed by atoms with van der Waals surface area (Å²) in [7, 11) is 0. The molecule has 4 nitrogen and oxygen atoms in total. The van der Waals surface area contributed by atoms with Crippen LogP contribution in [0.1, 0.15) is 45.7 Å². The lowest BCUT2D eigenvalue weighted by molar-refractivity contribution is -0.167. The summed E-state index contributed by atoms with van der Waals surface area (Å²) in [6, 6.07) is 8.07. The van der Waals surface area contributed by atoms with E-state index >= 15 is 0 Å². The average molecular weight is 338 g/mol. The summed E-state index contributed by atoms with van der Waals surface area (Å²) in [5.74, 6) is -2.41. The van der Waals surface area contributed by atoms with Crippen LogP contribution in [-0.4, -0.2) is 27.4 Å². The SMILES string of the molecule is Cc1ccc(CSC(C)(C)C(C(=O)O)C(=O)OC(C)(C)C)cc1. The number of carbonyl (C=O) groups is 2. The summed E-state index contributed by atoms with van der Waals surface area (Å²) in [5.41, 5.74) is 1.57. The van der Waals surface area contributed by atoms with Crippen molar-refractivity contribution in [3.05, 3.63) is 35.4 Å². The molecule has 0 bridgehead atoms. The Balaban J connectivity index is 2.85. The minimum absolute atomic E-state index is 0.639. The highest BCUT2D eigenvalue weighted by Crippen LogP contribution is 2.36. The lowest BCUT2D eigenvalue weighted by Gasteiger charge is -2.31. The Kier molecular flexibility index (Phi) is 6.28. The van der Waals surface area contributed by atoms with E-state index in [1.54, 1.807) is 34.6 Å². The van der Waals surface area contributed by atoms with Gasteiger partial charge in [-0.05, 0) is 47.1 Å². The average Bonchev–Trinajstić information content (AvgIpc) is 2.35. The van der Waals surface area contributed by atoms with E-state index < -0.39 is 28.2 Å². The van der Waals surface area contributed by atoms with E-state index in [4.69, 9.17) is 4.74 Å². The van der Waals surface area contributed by atoms with Crippen LogP contribution in [-0.2, 0) is 20.1 Å². The molecular formula is C18H26O4S. The van der Waals surface area contributed by atoms with Gasteiger partial charge < -0.3 is 9.84 Å². The van der Waals surface area contributed by atoms with E-state index in [0.29, 0.717) is 5.75 Å². The van der Waals surface area contributed by atoms with Crippen LogP contribution in [0.15, 0.2) is 24.3 Å². The van der Waals surface area contributed by atoms with Gasteiger partial charge in [-0.15, -0.1) is 11.8 Å². The second-order valence-electron chi connectivity index (χ2n) is 7.18. The van der Waals surface area contributed by atoms with E-state index in [1.807, 2.05) is 31.2 Å². The molecule has 1 atom stereocenters. The molecule has 0 spiro atoms. The number of carboxylic acid groups (broad SMARTS) is 1. The molecule has 0 saturated heterocycles. The predicted molar refractivity (Wildman–Crippen MR) is 93.5 cm³/mol. The van der Waals surface area contributed by atoms with Crippen LogP contribution in [0.5, 0.6) is 0 Å². The monoisotopic (exact) mass is 338 g/mol. The van der Waals surface area contributed by atoms with Crippen LogP contribution < -0.4 is 0 Å². The number of thioether (sulfide) groups is 1. The van der Waals surface area contributed by atoms with Crippen LogP contribution in [0.4, 0.5) is 0 Å². The Morgan fingerprint density at radius 2 is 1.65 bits per heavy atom. The van der Waals surface area contributed by atoms with Crippen molar-refractivity contribution in [1.29, 1.82) is 0 Å². The van der Waals surface area contributed by atoms with E-state index in [0.717, 1.165) is 5.56 Å². The van der Waals surface area contributed by atoms with Crippen LogP contribution in [0.3, 0.4) is 0 Å². The van der Waals surface area contributed by atoms with E-state index in [9.17, 15) is 14.7 Å². The van der Waals surface area contributed by atoms with Crippen LogP contribution >= 0.6 is 11.8 Å². The molecule has 0 heterocycles. The van der Waals surface area contributed by atoms with Gasteiger partial charge in [-0.25, -0.2) is 0 Å². The first-order chi connectivity index (χ1) is 10.4. The van der Waals surface area contributed by atoms with Gasteiger partial charge in [0, 0.05) is 10.5 Å². The van der Waals surface area contributed by atoms with Crippen molar-refractivity contribution in [3.63, 3.8) is 0 Å². The maximum atomic E-state index is 12.3. The third-order valence-corrected chi connectivity index (χ3v) is 4.77. The highest BCUT2D eigenvalue weighted by atomic mass is 32.2. The number of benzene rings is 1. The molecule has 128 valence electrons. The molecule has 5 heteroatoms. The molecule has 1 aromatic carbocycles. The smallest absolute Gasteiger partial charge is 0.322 e. The minimum Gasteiger partial charge on any atom is -0.481 e. The summed E-state index contributed by atoms with van der Waals surface area (Å²) >= 11 is 1.45. The van der Waals surface area contributed by atoms with Gasteiger partial charge in [0.25, 0.3) is 0 Å². The summed E-state index contributed by atoms with van der Waals surface area (Å²) in [6.07, 6.45) is 0. The van der Waals surface area contributed by atoms with Crippen molar-refractivity contribution in [1.82, 2.24) is 0 Å². The fourth-order valence-electron chi connectivity index (χ4n) is 2.08.